The quantitative estimate of drug-likeness (QED) is 0.310. The first-order chi connectivity index (χ1) is 15.4. The zero-order valence-electron chi connectivity index (χ0n) is 17.5. The van der Waals surface area contributed by atoms with E-state index in [1.54, 1.807) is 36.4 Å². The lowest BCUT2D eigenvalue weighted by Gasteiger charge is -2.27. The minimum Gasteiger partial charge on any atom is -0.508 e. The molecule has 1 heterocycles. The van der Waals surface area contributed by atoms with Gasteiger partial charge in [0.2, 0.25) is 0 Å². The van der Waals surface area contributed by atoms with Crippen molar-refractivity contribution < 1.29 is 34.3 Å². The average Bonchev–Trinajstić information content (AvgIpc) is 2.77. The molecular weight excluding hydrogens is 412 g/mol. The lowest BCUT2D eigenvalue weighted by molar-refractivity contribution is -0.135. The zero-order valence-corrected chi connectivity index (χ0v) is 17.5. The standard InChI is InChI=1S/C25H22O7/c1-30-21-9-14(4-7-19(21)27)3-5-16-10-17(26)12-23-25(16)18(13-24(29)32-23)15-6-8-20(28)22(11-15)31-2/h3-12,18,26-28H,13H2,1-2H3/t18-/m0/s1. The van der Waals surface area contributed by atoms with Crippen molar-refractivity contribution in [3.8, 4) is 34.5 Å². The van der Waals surface area contributed by atoms with Crippen LogP contribution >= 0.6 is 0 Å². The van der Waals surface area contributed by atoms with Gasteiger partial charge in [-0.3, -0.25) is 4.79 Å². The molecular formula is C25H22O7. The normalized spacial score (nSPS) is 15.3. The van der Waals surface area contributed by atoms with Gasteiger partial charge in [0.1, 0.15) is 11.5 Å². The molecule has 0 fully saturated rings. The molecule has 0 unspecified atom stereocenters. The summed E-state index contributed by atoms with van der Waals surface area (Å²) in [7, 11) is 2.93. The number of fused-ring (bicyclic) bond motifs is 1. The number of carbonyl (C=O) groups excluding carboxylic acids is 1. The monoisotopic (exact) mass is 434 g/mol. The molecule has 164 valence electrons. The van der Waals surface area contributed by atoms with E-state index in [1.807, 2.05) is 6.08 Å². The van der Waals surface area contributed by atoms with Gasteiger partial charge in [0.05, 0.1) is 20.6 Å². The third kappa shape index (κ3) is 4.05. The Morgan fingerprint density at radius 3 is 2.31 bits per heavy atom. The van der Waals surface area contributed by atoms with Crippen LogP contribution in [0.15, 0.2) is 48.5 Å². The van der Waals surface area contributed by atoms with Crippen molar-refractivity contribution >= 4 is 18.1 Å². The van der Waals surface area contributed by atoms with Crippen LogP contribution in [0.25, 0.3) is 12.2 Å². The van der Waals surface area contributed by atoms with Gasteiger partial charge in [0.25, 0.3) is 0 Å². The summed E-state index contributed by atoms with van der Waals surface area (Å²) in [5, 5.41) is 30.0. The number of aromatic hydroxyl groups is 3. The van der Waals surface area contributed by atoms with Crippen LogP contribution in [0.5, 0.6) is 34.5 Å². The summed E-state index contributed by atoms with van der Waals surface area (Å²) in [6.45, 7) is 0. The highest BCUT2D eigenvalue weighted by Gasteiger charge is 2.31. The van der Waals surface area contributed by atoms with Gasteiger partial charge in [-0.05, 0) is 47.0 Å². The predicted octanol–water partition coefficient (Wildman–Crippen LogP) is 4.43. The van der Waals surface area contributed by atoms with Gasteiger partial charge in [-0.25, -0.2) is 0 Å². The van der Waals surface area contributed by atoms with Gasteiger partial charge < -0.3 is 29.5 Å². The molecule has 4 rings (SSSR count). The molecule has 0 saturated carbocycles. The van der Waals surface area contributed by atoms with E-state index < -0.39 is 5.97 Å². The van der Waals surface area contributed by atoms with Crippen molar-refractivity contribution in [1.82, 2.24) is 0 Å². The fraction of sp³-hybridized carbons (Fsp3) is 0.160. The van der Waals surface area contributed by atoms with E-state index in [9.17, 15) is 20.1 Å². The molecule has 1 aliphatic heterocycles. The van der Waals surface area contributed by atoms with Crippen molar-refractivity contribution in [3.05, 3.63) is 70.8 Å². The molecule has 0 amide bonds. The molecule has 0 aromatic heterocycles. The van der Waals surface area contributed by atoms with Gasteiger partial charge in [0, 0.05) is 17.5 Å². The number of carbonyl (C=O) groups is 1. The van der Waals surface area contributed by atoms with Crippen molar-refractivity contribution in [2.75, 3.05) is 14.2 Å². The van der Waals surface area contributed by atoms with Gasteiger partial charge in [0.15, 0.2) is 23.0 Å². The number of rotatable bonds is 5. The van der Waals surface area contributed by atoms with E-state index in [0.29, 0.717) is 17.1 Å². The van der Waals surface area contributed by atoms with Crippen LogP contribution in [0, 0.1) is 0 Å². The van der Waals surface area contributed by atoms with Crippen LogP contribution in [0.2, 0.25) is 0 Å². The Balaban J connectivity index is 1.81. The molecule has 3 N–H and O–H groups in total. The summed E-state index contributed by atoms with van der Waals surface area (Å²) in [6.07, 6.45) is 3.70. The van der Waals surface area contributed by atoms with Crippen molar-refractivity contribution in [2.45, 2.75) is 12.3 Å². The van der Waals surface area contributed by atoms with Crippen LogP contribution in [0.3, 0.4) is 0 Å². The third-order valence-electron chi connectivity index (χ3n) is 5.37. The SMILES string of the molecule is COc1cc(C=Cc2cc(O)cc3c2[C@H](c2ccc(O)c(OC)c2)CC(=O)O3)ccc1O. The summed E-state index contributed by atoms with van der Waals surface area (Å²) >= 11 is 0. The van der Waals surface area contributed by atoms with Crippen molar-refractivity contribution in [2.24, 2.45) is 0 Å². The Labute approximate surface area is 184 Å². The molecule has 1 atom stereocenters. The predicted molar refractivity (Wildman–Crippen MR) is 118 cm³/mol. The number of phenolic OH excluding ortho intramolecular Hbond substituents is 3. The summed E-state index contributed by atoms with van der Waals surface area (Å²) < 4.78 is 15.8. The van der Waals surface area contributed by atoms with E-state index in [1.165, 1.54) is 32.4 Å². The van der Waals surface area contributed by atoms with Crippen molar-refractivity contribution in [3.63, 3.8) is 0 Å². The van der Waals surface area contributed by atoms with E-state index in [0.717, 1.165) is 16.7 Å². The summed E-state index contributed by atoms with van der Waals surface area (Å²) in [5.41, 5.74) is 2.94. The second kappa shape index (κ2) is 8.55. The fourth-order valence-electron chi connectivity index (χ4n) is 3.84. The Hall–Kier alpha value is -4.13. The molecule has 0 spiro atoms. The van der Waals surface area contributed by atoms with E-state index in [2.05, 4.69) is 0 Å². The number of ether oxygens (including phenoxy) is 3. The molecule has 3 aromatic carbocycles. The molecule has 3 aromatic rings. The Kier molecular flexibility index (Phi) is 5.64. The van der Waals surface area contributed by atoms with Gasteiger partial charge >= 0.3 is 5.97 Å². The molecule has 32 heavy (non-hydrogen) atoms. The summed E-state index contributed by atoms with van der Waals surface area (Å²) in [6, 6.07) is 12.9. The highest BCUT2D eigenvalue weighted by molar-refractivity contribution is 5.82. The molecule has 0 aliphatic carbocycles. The Morgan fingerprint density at radius 2 is 1.59 bits per heavy atom. The van der Waals surface area contributed by atoms with Crippen LogP contribution in [-0.2, 0) is 4.79 Å². The van der Waals surface area contributed by atoms with E-state index in [4.69, 9.17) is 14.2 Å². The second-order valence-electron chi connectivity index (χ2n) is 7.37. The van der Waals surface area contributed by atoms with Crippen LogP contribution in [-0.4, -0.2) is 35.5 Å². The third-order valence-corrected chi connectivity index (χ3v) is 5.37. The maximum atomic E-state index is 12.3. The maximum absolute atomic E-state index is 12.3. The molecule has 0 bridgehead atoms. The van der Waals surface area contributed by atoms with E-state index >= 15 is 0 Å². The minimum atomic E-state index is -0.418. The number of methoxy groups -OCH3 is 2. The minimum absolute atomic E-state index is 0.00182. The number of esters is 1. The lowest BCUT2D eigenvalue weighted by Crippen LogP contribution is -2.22. The molecule has 0 saturated heterocycles. The second-order valence-corrected chi connectivity index (χ2v) is 7.37. The fourth-order valence-corrected chi connectivity index (χ4v) is 3.84. The van der Waals surface area contributed by atoms with E-state index in [-0.39, 0.29) is 35.3 Å². The first kappa shape index (κ1) is 21.1. The van der Waals surface area contributed by atoms with Crippen molar-refractivity contribution in [1.29, 1.82) is 0 Å². The topological polar surface area (TPSA) is 105 Å². The summed E-state index contributed by atoms with van der Waals surface area (Å²) in [4.78, 5) is 12.3. The highest BCUT2D eigenvalue weighted by atomic mass is 16.5. The number of phenols is 3. The van der Waals surface area contributed by atoms with Gasteiger partial charge in [-0.2, -0.15) is 0 Å². The van der Waals surface area contributed by atoms with Gasteiger partial charge in [-0.1, -0.05) is 24.3 Å². The molecule has 0 radical (unpaired) electrons. The first-order valence-corrected chi connectivity index (χ1v) is 9.89. The van der Waals surface area contributed by atoms with Crippen LogP contribution in [0.4, 0.5) is 0 Å². The maximum Gasteiger partial charge on any atom is 0.312 e. The zero-order chi connectivity index (χ0) is 22.8. The molecule has 7 nitrogen and oxygen atoms in total. The number of hydrogen-bond acceptors (Lipinski definition) is 7. The van der Waals surface area contributed by atoms with Gasteiger partial charge in [-0.15, -0.1) is 0 Å². The van der Waals surface area contributed by atoms with Crippen LogP contribution < -0.4 is 14.2 Å². The Bertz CT molecular complexity index is 1210. The highest BCUT2D eigenvalue weighted by Crippen LogP contribution is 2.45. The average molecular weight is 434 g/mol. The smallest absolute Gasteiger partial charge is 0.312 e. The first-order valence-electron chi connectivity index (χ1n) is 9.89. The molecule has 7 heteroatoms. The lowest BCUT2D eigenvalue weighted by atomic mass is 9.83. The summed E-state index contributed by atoms with van der Waals surface area (Å²) in [5.74, 6) is 0.135. The number of hydrogen-bond donors (Lipinski definition) is 3. The van der Waals surface area contributed by atoms with Crippen LogP contribution in [0.1, 0.15) is 34.6 Å². The Morgan fingerprint density at radius 1 is 0.906 bits per heavy atom. The number of benzene rings is 3. The molecule has 1 aliphatic rings. The largest absolute Gasteiger partial charge is 0.508 e.